The van der Waals surface area contributed by atoms with Crippen molar-refractivity contribution in [2.24, 2.45) is 5.92 Å². The molecular formula is C18H16BrFO2. The highest BCUT2D eigenvalue weighted by molar-refractivity contribution is 9.10. The fraction of sp³-hybridized carbons (Fsp3) is 0.278. The summed E-state index contributed by atoms with van der Waals surface area (Å²) in [7, 11) is 0. The van der Waals surface area contributed by atoms with Gasteiger partial charge in [0.1, 0.15) is 11.8 Å². The van der Waals surface area contributed by atoms with Gasteiger partial charge in [-0.05, 0) is 30.2 Å². The summed E-state index contributed by atoms with van der Waals surface area (Å²) >= 11 is 3.32. The summed E-state index contributed by atoms with van der Waals surface area (Å²) in [5.41, 5.74) is -0.150. The van der Waals surface area contributed by atoms with Gasteiger partial charge in [0.2, 0.25) is 0 Å². The molecule has 0 radical (unpaired) electrons. The van der Waals surface area contributed by atoms with E-state index < -0.39 is 17.6 Å². The fourth-order valence-electron chi connectivity index (χ4n) is 2.60. The Morgan fingerprint density at radius 3 is 2.50 bits per heavy atom. The molecule has 0 aliphatic heterocycles. The average Bonchev–Trinajstić information content (AvgIpc) is 3.22. The van der Waals surface area contributed by atoms with Crippen molar-refractivity contribution in [1.82, 2.24) is 0 Å². The summed E-state index contributed by atoms with van der Waals surface area (Å²) < 4.78 is 21.1. The van der Waals surface area contributed by atoms with Gasteiger partial charge in [-0.1, -0.05) is 58.4 Å². The predicted molar refractivity (Wildman–Crippen MR) is 86.0 cm³/mol. The van der Waals surface area contributed by atoms with E-state index >= 15 is 0 Å². The SMILES string of the molecule is C[C@H](OC(=O)[C@@H]1C[C@@]1(F)c1ccc(Br)cc1)c1ccccc1. The van der Waals surface area contributed by atoms with Crippen LogP contribution in [0.4, 0.5) is 4.39 Å². The van der Waals surface area contributed by atoms with Crippen molar-refractivity contribution in [2.45, 2.75) is 25.1 Å². The monoisotopic (exact) mass is 362 g/mol. The third kappa shape index (κ3) is 2.93. The summed E-state index contributed by atoms with van der Waals surface area (Å²) in [6.45, 7) is 1.80. The Morgan fingerprint density at radius 2 is 1.86 bits per heavy atom. The summed E-state index contributed by atoms with van der Waals surface area (Å²) in [6.07, 6.45) is -0.182. The van der Waals surface area contributed by atoms with E-state index in [0.717, 1.165) is 10.0 Å². The first-order valence-electron chi connectivity index (χ1n) is 7.21. The van der Waals surface area contributed by atoms with Gasteiger partial charge in [0.15, 0.2) is 0 Å². The Hall–Kier alpha value is -1.68. The molecule has 0 heterocycles. The minimum atomic E-state index is -1.59. The first kappa shape index (κ1) is 15.2. The zero-order valence-electron chi connectivity index (χ0n) is 12.1. The van der Waals surface area contributed by atoms with Crippen molar-refractivity contribution >= 4 is 21.9 Å². The molecule has 1 fully saturated rings. The molecule has 4 heteroatoms. The Morgan fingerprint density at radius 1 is 1.23 bits per heavy atom. The Bertz CT molecular complexity index is 671. The zero-order valence-corrected chi connectivity index (χ0v) is 13.7. The minimum absolute atomic E-state index is 0.189. The number of ether oxygens (including phenoxy) is 1. The van der Waals surface area contributed by atoms with E-state index in [-0.39, 0.29) is 12.5 Å². The summed E-state index contributed by atoms with van der Waals surface area (Å²) in [5, 5.41) is 0. The van der Waals surface area contributed by atoms with Crippen LogP contribution >= 0.6 is 15.9 Å². The molecule has 114 valence electrons. The normalized spacial score (nSPS) is 24.6. The van der Waals surface area contributed by atoms with Gasteiger partial charge in [0, 0.05) is 10.9 Å². The molecule has 3 rings (SSSR count). The maximum atomic E-state index is 14.8. The van der Waals surface area contributed by atoms with Crippen molar-refractivity contribution in [3.8, 4) is 0 Å². The largest absolute Gasteiger partial charge is 0.457 e. The number of hydrogen-bond acceptors (Lipinski definition) is 2. The summed E-state index contributed by atoms with van der Waals surface area (Å²) in [4.78, 5) is 12.2. The number of carbonyl (C=O) groups is 1. The molecule has 2 nitrogen and oxygen atoms in total. The number of carbonyl (C=O) groups excluding carboxylic acids is 1. The van der Waals surface area contributed by atoms with Gasteiger partial charge in [-0.15, -0.1) is 0 Å². The third-order valence-electron chi connectivity index (χ3n) is 4.06. The second kappa shape index (κ2) is 5.84. The van der Waals surface area contributed by atoms with Crippen molar-refractivity contribution in [1.29, 1.82) is 0 Å². The van der Waals surface area contributed by atoms with Crippen molar-refractivity contribution in [3.63, 3.8) is 0 Å². The van der Waals surface area contributed by atoms with Crippen LogP contribution in [0.5, 0.6) is 0 Å². The predicted octanol–water partition coefficient (Wildman–Crippen LogP) is 4.94. The highest BCUT2D eigenvalue weighted by Gasteiger charge is 2.62. The van der Waals surface area contributed by atoms with E-state index in [1.165, 1.54) is 0 Å². The molecule has 0 saturated heterocycles. The number of rotatable bonds is 4. The first-order chi connectivity index (χ1) is 10.5. The molecule has 0 amide bonds. The third-order valence-corrected chi connectivity index (χ3v) is 4.59. The molecule has 1 aliphatic carbocycles. The smallest absolute Gasteiger partial charge is 0.313 e. The number of alkyl halides is 1. The maximum absolute atomic E-state index is 14.8. The lowest BCUT2D eigenvalue weighted by molar-refractivity contribution is -0.151. The fourth-order valence-corrected chi connectivity index (χ4v) is 2.87. The lowest BCUT2D eigenvalue weighted by Crippen LogP contribution is -2.15. The van der Waals surface area contributed by atoms with Gasteiger partial charge in [-0.25, -0.2) is 4.39 Å². The maximum Gasteiger partial charge on any atom is 0.313 e. The highest BCUT2D eigenvalue weighted by Crippen LogP contribution is 2.56. The molecule has 2 aromatic rings. The van der Waals surface area contributed by atoms with Crippen molar-refractivity contribution < 1.29 is 13.9 Å². The first-order valence-corrected chi connectivity index (χ1v) is 8.00. The average molecular weight is 363 g/mol. The van der Waals surface area contributed by atoms with E-state index in [9.17, 15) is 9.18 Å². The number of halogens is 2. The molecule has 2 aromatic carbocycles. The molecule has 3 atom stereocenters. The van der Waals surface area contributed by atoms with Crippen LogP contribution < -0.4 is 0 Å². The molecule has 0 aromatic heterocycles. The van der Waals surface area contributed by atoms with E-state index in [2.05, 4.69) is 15.9 Å². The molecule has 1 saturated carbocycles. The van der Waals surface area contributed by atoms with Crippen LogP contribution in [0.15, 0.2) is 59.1 Å². The number of hydrogen-bond donors (Lipinski definition) is 0. The van der Waals surface area contributed by atoms with Gasteiger partial charge < -0.3 is 4.74 Å². The molecular weight excluding hydrogens is 347 g/mol. The van der Waals surface area contributed by atoms with Crippen LogP contribution in [0, 0.1) is 5.92 Å². The van der Waals surface area contributed by atoms with E-state index in [0.29, 0.717) is 5.56 Å². The van der Waals surface area contributed by atoms with Gasteiger partial charge in [-0.2, -0.15) is 0 Å². The van der Waals surface area contributed by atoms with E-state index in [1.807, 2.05) is 30.3 Å². The number of benzene rings is 2. The van der Waals surface area contributed by atoms with Crippen LogP contribution in [0.2, 0.25) is 0 Å². The Balaban J connectivity index is 1.66. The molecule has 0 spiro atoms. The summed E-state index contributed by atoms with van der Waals surface area (Å²) in [5.74, 6) is -1.18. The molecule has 0 N–H and O–H groups in total. The minimum Gasteiger partial charge on any atom is -0.457 e. The standard InChI is InChI=1S/C18H16BrFO2/c1-12(13-5-3-2-4-6-13)22-17(21)16-11-18(16,20)14-7-9-15(19)10-8-14/h2-10,12,16H,11H2,1H3/t12-,16-,18+/m0/s1. The lowest BCUT2D eigenvalue weighted by atomic mass is 10.1. The zero-order chi connectivity index (χ0) is 15.7. The van der Waals surface area contributed by atoms with Crippen LogP contribution in [0.1, 0.15) is 30.6 Å². The van der Waals surface area contributed by atoms with Gasteiger partial charge in [-0.3, -0.25) is 4.79 Å². The topological polar surface area (TPSA) is 26.3 Å². The number of esters is 1. The Kier molecular flexibility index (Phi) is 4.04. The molecule has 1 aliphatic rings. The lowest BCUT2D eigenvalue weighted by Gasteiger charge is -2.14. The van der Waals surface area contributed by atoms with Crippen LogP contribution in [-0.4, -0.2) is 5.97 Å². The van der Waals surface area contributed by atoms with Gasteiger partial charge >= 0.3 is 5.97 Å². The highest BCUT2D eigenvalue weighted by atomic mass is 79.9. The molecule has 22 heavy (non-hydrogen) atoms. The second-order valence-electron chi connectivity index (χ2n) is 5.62. The van der Waals surface area contributed by atoms with E-state index in [4.69, 9.17) is 4.74 Å². The van der Waals surface area contributed by atoms with Crippen molar-refractivity contribution in [3.05, 3.63) is 70.2 Å². The quantitative estimate of drug-likeness (QED) is 0.720. The van der Waals surface area contributed by atoms with E-state index in [1.54, 1.807) is 31.2 Å². The molecule has 0 unspecified atom stereocenters. The molecule has 0 bridgehead atoms. The summed E-state index contributed by atoms with van der Waals surface area (Å²) in [6, 6.07) is 16.4. The van der Waals surface area contributed by atoms with Crippen molar-refractivity contribution in [2.75, 3.05) is 0 Å². The van der Waals surface area contributed by atoms with Gasteiger partial charge in [0.25, 0.3) is 0 Å². The Labute approximate surface area is 137 Å². The van der Waals surface area contributed by atoms with Crippen LogP contribution in [0.3, 0.4) is 0 Å². The van der Waals surface area contributed by atoms with Crippen LogP contribution in [0.25, 0.3) is 0 Å². The van der Waals surface area contributed by atoms with Crippen LogP contribution in [-0.2, 0) is 15.2 Å². The second-order valence-corrected chi connectivity index (χ2v) is 6.53. The van der Waals surface area contributed by atoms with Gasteiger partial charge in [0.05, 0.1) is 5.92 Å².